The first kappa shape index (κ1) is 22.7. The molecule has 0 radical (unpaired) electrons. The highest BCUT2D eigenvalue weighted by Gasteiger charge is 2.28. The lowest BCUT2D eigenvalue weighted by molar-refractivity contribution is -0.871. The van der Waals surface area contributed by atoms with Crippen molar-refractivity contribution in [3.8, 4) is 0 Å². The van der Waals surface area contributed by atoms with Crippen LogP contribution in [0.15, 0.2) is 42.5 Å². The number of ether oxygens (including phenoxy) is 1. The monoisotopic (exact) mass is 419 g/mol. The van der Waals surface area contributed by atoms with Crippen LogP contribution in [-0.2, 0) is 22.4 Å². The van der Waals surface area contributed by atoms with Crippen LogP contribution in [-0.4, -0.2) is 51.0 Å². The Morgan fingerprint density at radius 1 is 1.14 bits per heavy atom. The summed E-state index contributed by atoms with van der Waals surface area (Å²) in [7, 11) is 3.19. The van der Waals surface area contributed by atoms with Crippen molar-refractivity contribution in [1.29, 1.82) is 0 Å². The molecule has 3 N–H and O–H groups in total. The number of nitrogens with one attached hydrogen (secondary N) is 2. The van der Waals surface area contributed by atoms with Crippen LogP contribution in [0.5, 0.6) is 0 Å². The van der Waals surface area contributed by atoms with Gasteiger partial charge in [-0.15, -0.1) is 0 Å². The SMILES string of the molecule is COC(=O)Nc1ccc2c(c1)N(C(=O)C[NH+](C)CCO)c1ccccc1CC2.[Cl-]. The summed E-state index contributed by atoms with van der Waals surface area (Å²) in [5, 5.41) is 11.8. The summed E-state index contributed by atoms with van der Waals surface area (Å²) in [5.41, 5.74) is 4.34. The molecular weight excluding hydrogens is 394 g/mol. The van der Waals surface area contributed by atoms with Crippen LogP contribution in [0, 0.1) is 0 Å². The van der Waals surface area contributed by atoms with Gasteiger partial charge in [0.1, 0.15) is 6.54 Å². The molecular formula is C21H26ClN3O4. The molecule has 0 saturated carbocycles. The molecule has 2 aromatic carbocycles. The fourth-order valence-electron chi connectivity index (χ4n) is 3.45. The van der Waals surface area contributed by atoms with Gasteiger partial charge in [0.15, 0.2) is 6.54 Å². The van der Waals surface area contributed by atoms with E-state index in [1.165, 1.54) is 7.11 Å². The Hall–Kier alpha value is -2.61. The Morgan fingerprint density at radius 2 is 1.83 bits per heavy atom. The molecule has 3 rings (SSSR count). The van der Waals surface area contributed by atoms with Crippen molar-refractivity contribution in [2.75, 3.05) is 44.1 Å². The van der Waals surface area contributed by atoms with Crippen LogP contribution >= 0.6 is 0 Å². The Balaban J connectivity index is 0.00000300. The zero-order valence-corrected chi connectivity index (χ0v) is 17.3. The maximum Gasteiger partial charge on any atom is 0.411 e. The van der Waals surface area contributed by atoms with Gasteiger partial charge in [0.25, 0.3) is 5.91 Å². The lowest BCUT2D eigenvalue weighted by Gasteiger charge is -2.26. The number of rotatable bonds is 5. The largest absolute Gasteiger partial charge is 1.00 e. The Kier molecular flexibility index (Phi) is 8.01. The van der Waals surface area contributed by atoms with E-state index in [9.17, 15) is 9.59 Å². The zero-order valence-electron chi connectivity index (χ0n) is 16.6. The van der Waals surface area contributed by atoms with E-state index in [0.717, 1.165) is 40.2 Å². The molecule has 0 aromatic heterocycles. The fraction of sp³-hybridized carbons (Fsp3) is 0.333. The van der Waals surface area contributed by atoms with E-state index in [2.05, 4.69) is 10.1 Å². The molecule has 2 aromatic rings. The van der Waals surface area contributed by atoms with Gasteiger partial charge in [0.2, 0.25) is 0 Å². The van der Waals surface area contributed by atoms with Crippen molar-refractivity contribution in [2.45, 2.75) is 12.8 Å². The highest BCUT2D eigenvalue weighted by atomic mass is 35.5. The van der Waals surface area contributed by atoms with Crippen molar-refractivity contribution >= 4 is 29.1 Å². The third-order valence-corrected chi connectivity index (χ3v) is 4.90. The molecule has 0 bridgehead atoms. The molecule has 7 nitrogen and oxygen atoms in total. The van der Waals surface area contributed by atoms with E-state index in [0.29, 0.717) is 12.2 Å². The van der Waals surface area contributed by atoms with Gasteiger partial charge in [-0.3, -0.25) is 15.0 Å². The molecule has 8 heteroatoms. The number of anilines is 3. The Bertz CT molecular complexity index is 875. The minimum absolute atomic E-state index is 0. The number of methoxy groups -OCH3 is 1. The lowest BCUT2D eigenvalue weighted by Crippen LogP contribution is -3.10. The number of halogens is 1. The third kappa shape index (κ3) is 5.26. The molecule has 0 saturated heterocycles. The number of amides is 2. The number of hydrogen-bond acceptors (Lipinski definition) is 4. The average molecular weight is 420 g/mol. The Morgan fingerprint density at radius 3 is 2.52 bits per heavy atom. The lowest BCUT2D eigenvalue weighted by atomic mass is 10.0. The first-order chi connectivity index (χ1) is 13.5. The number of fused-ring (bicyclic) bond motifs is 2. The van der Waals surface area contributed by atoms with E-state index < -0.39 is 6.09 Å². The highest BCUT2D eigenvalue weighted by molar-refractivity contribution is 6.03. The number of benzene rings is 2. The normalized spacial score (nSPS) is 13.3. The smallest absolute Gasteiger partial charge is 0.411 e. The van der Waals surface area contributed by atoms with E-state index in [4.69, 9.17) is 5.11 Å². The van der Waals surface area contributed by atoms with Gasteiger partial charge in [-0.25, -0.2) is 4.79 Å². The van der Waals surface area contributed by atoms with Crippen LogP contribution < -0.4 is 27.5 Å². The maximum atomic E-state index is 13.3. The fourth-order valence-corrected chi connectivity index (χ4v) is 3.45. The van der Waals surface area contributed by atoms with Crippen LogP contribution in [0.1, 0.15) is 11.1 Å². The number of quaternary nitrogens is 1. The summed E-state index contributed by atoms with van der Waals surface area (Å²) in [4.78, 5) is 27.5. The minimum Gasteiger partial charge on any atom is -1.00 e. The van der Waals surface area contributed by atoms with E-state index in [1.54, 1.807) is 4.90 Å². The molecule has 0 fully saturated rings. The molecule has 1 atom stereocenters. The van der Waals surface area contributed by atoms with E-state index in [-0.39, 0.29) is 31.5 Å². The van der Waals surface area contributed by atoms with Crippen LogP contribution in [0.25, 0.3) is 0 Å². The summed E-state index contributed by atoms with van der Waals surface area (Å²) < 4.78 is 4.68. The number of aliphatic hydroxyl groups is 1. The topological polar surface area (TPSA) is 83.3 Å². The van der Waals surface area contributed by atoms with E-state index in [1.807, 2.05) is 49.5 Å². The van der Waals surface area contributed by atoms with E-state index >= 15 is 0 Å². The third-order valence-electron chi connectivity index (χ3n) is 4.90. The zero-order chi connectivity index (χ0) is 20.1. The van der Waals surface area contributed by atoms with Gasteiger partial charge in [0, 0.05) is 5.69 Å². The van der Waals surface area contributed by atoms with Gasteiger partial charge in [-0.1, -0.05) is 24.3 Å². The number of para-hydroxylation sites is 1. The number of hydrogen-bond donors (Lipinski definition) is 3. The highest BCUT2D eigenvalue weighted by Crippen LogP contribution is 2.37. The molecule has 0 aliphatic carbocycles. The van der Waals surface area contributed by atoms with Crippen molar-refractivity contribution in [2.24, 2.45) is 0 Å². The van der Waals surface area contributed by atoms with Crippen LogP contribution in [0.2, 0.25) is 0 Å². The standard InChI is InChI=1S/C21H25N3O4.ClH/c1-23(11-12-25)14-20(26)24-18-6-4-3-5-15(18)7-8-16-9-10-17(13-19(16)24)22-21(27)28-2;/h3-6,9-10,13,25H,7-8,11-12,14H2,1-2H3,(H,22,27);1H. The quantitative estimate of drug-likeness (QED) is 0.531. The predicted octanol–water partition coefficient (Wildman–Crippen LogP) is -1.86. The van der Waals surface area contributed by atoms with Crippen LogP contribution in [0.4, 0.5) is 21.9 Å². The van der Waals surface area contributed by atoms with Crippen molar-refractivity contribution in [1.82, 2.24) is 0 Å². The molecule has 156 valence electrons. The van der Waals surface area contributed by atoms with Gasteiger partial charge in [-0.2, -0.15) is 0 Å². The molecule has 29 heavy (non-hydrogen) atoms. The first-order valence-electron chi connectivity index (χ1n) is 9.34. The van der Waals surface area contributed by atoms with Crippen molar-refractivity contribution in [3.63, 3.8) is 0 Å². The van der Waals surface area contributed by atoms with Gasteiger partial charge < -0.3 is 27.2 Å². The summed E-state index contributed by atoms with van der Waals surface area (Å²) in [6.45, 7) is 0.778. The molecule has 0 spiro atoms. The molecule has 2 amide bonds. The molecule has 1 aliphatic rings. The van der Waals surface area contributed by atoms with Crippen molar-refractivity contribution in [3.05, 3.63) is 53.6 Å². The van der Waals surface area contributed by atoms with Gasteiger partial charge in [0.05, 0.1) is 32.1 Å². The number of carbonyl (C=O) groups is 2. The summed E-state index contributed by atoms with van der Waals surface area (Å²) in [5.74, 6) is -0.0585. The number of nitrogens with zero attached hydrogens (tertiary/aromatic N) is 1. The summed E-state index contributed by atoms with van der Waals surface area (Å²) >= 11 is 0. The van der Waals surface area contributed by atoms with Gasteiger partial charge >= 0.3 is 6.09 Å². The number of aliphatic hydroxyl groups excluding tert-OH is 1. The molecule has 1 aliphatic heterocycles. The number of aryl methyl sites for hydroxylation is 2. The summed E-state index contributed by atoms with van der Waals surface area (Å²) in [6, 6.07) is 13.5. The number of likely N-dealkylation sites (N-methyl/N-ethyl adjacent to an activating group) is 1. The second kappa shape index (κ2) is 10.2. The first-order valence-corrected chi connectivity index (χ1v) is 9.34. The second-order valence-corrected chi connectivity index (χ2v) is 6.93. The van der Waals surface area contributed by atoms with Gasteiger partial charge in [-0.05, 0) is 42.2 Å². The Labute approximate surface area is 176 Å². The van der Waals surface area contributed by atoms with Crippen LogP contribution in [0.3, 0.4) is 0 Å². The predicted molar refractivity (Wildman–Crippen MR) is 107 cm³/mol. The molecule has 1 unspecified atom stereocenters. The minimum atomic E-state index is -0.557. The maximum absolute atomic E-state index is 13.3. The number of carbonyl (C=O) groups excluding carboxylic acids is 2. The van der Waals surface area contributed by atoms with Crippen molar-refractivity contribution < 1.29 is 36.7 Å². The molecule has 1 heterocycles. The summed E-state index contributed by atoms with van der Waals surface area (Å²) in [6.07, 6.45) is 1.07. The second-order valence-electron chi connectivity index (χ2n) is 6.93. The average Bonchev–Trinajstić information content (AvgIpc) is 2.84.